The first-order valence-electron chi connectivity index (χ1n) is 8.30. The van der Waals surface area contributed by atoms with Gasteiger partial charge in [-0.15, -0.1) is 11.3 Å². The Bertz CT molecular complexity index is 929. The third kappa shape index (κ3) is 4.16. The highest BCUT2D eigenvalue weighted by molar-refractivity contribution is 7.99. The van der Waals surface area contributed by atoms with Gasteiger partial charge in [0.15, 0.2) is 0 Å². The summed E-state index contributed by atoms with van der Waals surface area (Å²) in [4.78, 5) is 17.9. The first-order valence-corrected chi connectivity index (χ1v) is 10.00. The normalized spacial score (nSPS) is 10.3. The first-order chi connectivity index (χ1) is 12.7. The Labute approximate surface area is 161 Å². The lowest BCUT2D eigenvalue weighted by Crippen LogP contribution is -2.30. The highest BCUT2D eigenvalue weighted by Crippen LogP contribution is 2.33. The van der Waals surface area contributed by atoms with Gasteiger partial charge in [0.1, 0.15) is 6.07 Å². The summed E-state index contributed by atoms with van der Waals surface area (Å²) >= 11 is 3.12. The van der Waals surface area contributed by atoms with E-state index < -0.39 is 0 Å². The Morgan fingerprint density at radius 3 is 2.50 bits per heavy atom. The van der Waals surface area contributed by atoms with E-state index in [1.807, 2.05) is 71.8 Å². The van der Waals surface area contributed by atoms with Crippen molar-refractivity contribution < 1.29 is 4.79 Å². The third-order valence-corrected chi connectivity index (χ3v) is 5.95. The van der Waals surface area contributed by atoms with Crippen LogP contribution in [0.15, 0.2) is 75.8 Å². The van der Waals surface area contributed by atoms with Crippen LogP contribution in [0.3, 0.4) is 0 Å². The number of carbonyl (C=O) groups excluding carboxylic acids is 1. The molecule has 0 atom stereocenters. The Morgan fingerprint density at radius 2 is 1.81 bits per heavy atom. The standard InChI is InChI=1S/C21H18N2OS2/c1-2-23(15-17-9-7-13-25-17)21(24)18-10-4-6-12-20(18)26-19-11-5-3-8-16(19)14-22/h3-13H,2,15H2,1H3. The van der Waals surface area contributed by atoms with Gasteiger partial charge in [-0.3, -0.25) is 4.79 Å². The summed E-state index contributed by atoms with van der Waals surface area (Å²) in [6.45, 7) is 3.25. The molecule has 1 amide bonds. The minimum absolute atomic E-state index is 0.0124. The van der Waals surface area contributed by atoms with Crippen molar-refractivity contribution in [3.63, 3.8) is 0 Å². The second-order valence-corrected chi connectivity index (χ2v) is 7.72. The molecule has 0 spiro atoms. The molecule has 0 aliphatic rings. The molecule has 0 N–H and O–H groups in total. The van der Waals surface area contributed by atoms with Crippen LogP contribution in [0.4, 0.5) is 0 Å². The van der Waals surface area contributed by atoms with Gasteiger partial charge in [-0.1, -0.05) is 42.1 Å². The van der Waals surface area contributed by atoms with E-state index in [1.54, 1.807) is 17.4 Å². The summed E-state index contributed by atoms with van der Waals surface area (Å²) in [5, 5.41) is 11.3. The Balaban J connectivity index is 1.88. The number of amides is 1. The topological polar surface area (TPSA) is 44.1 Å². The zero-order valence-corrected chi connectivity index (χ0v) is 16.0. The van der Waals surface area contributed by atoms with Crippen LogP contribution in [0.2, 0.25) is 0 Å². The lowest BCUT2D eigenvalue weighted by Gasteiger charge is -2.21. The SMILES string of the molecule is CCN(Cc1cccs1)C(=O)c1ccccc1Sc1ccccc1C#N. The number of thiophene rings is 1. The number of nitriles is 1. The van der Waals surface area contributed by atoms with Gasteiger partial charge in [-0.05, 0) is 42.6 Å². The molecule has 2 aromatic carbocycles. The average Bonchev–Trinajstić information content (AvgIpc) is 3.19. The molecular formula is C21H18N2OS2. The van der Waals surface area contributed by atoms with Crippen LogP contribution < -0.4 is 0 Å². The number of carbonyl (C=O) groups is 1. The molecule has 0 saturated heterocycles. The molecule has 0 radical (unpaired) electrons. The van der Waals surface area contributed by atoms with Gasteiger partial charge in [-0.25, -0.2) is 0 Å². The molecule has 0 bridgehead atoms. The van der Waals surface area contributed by atoms with Crippen LogP contribution in [0.5, 0.6) is 0 Å². The molecule has 0 fully saturated rings. The molecule has 0 aliphatic heterocycles. The number of rotatable bonds is 6. The predicted molar refractivity (Wildman–Crippen MR) is 106 cm³/mol. The van der Waals surface area contributed by atoms with Crippen LogP contribution in [0.1, 0.15) is 27.7 Å². The number of hydrogen-bond acceptors (Lipinski definition) is 4. The largest absolute Gasteiger partial charge is 0.334 e. The smallest absolute Gasteiger partial charge is 0.255 e. The van der Waals surface area contributed by atoms with Gasteiger partial charge in [-0.2, -0.15) is 5.26 Å². The maximum Gasteiger partial charge on any atom is 0.255 e. The molecule has 0 unspecified atom stereocenters. The maximum absolute atomic E-state index is 13.1. The number of benzene rings is 2. The van der Waals surface area contributed by atoms with Crippen LogP contribution in [0, 0.1) is 11.3 Å². The minimum Gasteiger partial charge on any atom is -0.334 e. The molecule has 130 valence electrons. The molecule has 5 heteroatoms. The van der Waals surface area contributed by atoms with Crippen LogP contribution in [0.25, 0.3) is 0 Å². The number of hydrogen-bond donors (Lipinski definition) is 0. The zero-order valence-electron chi connectivity index (χ0n) is 14.4. The van der Waals surface area contributed by atoms with E-state index >= 15 is 0 Å². The molecule has 3 nitrogen and oxygen atoms in total. The fraction of sp³-hybridized carbons (Fsp3) is 0.143. The van der Waals surface area contributed by atoms with Crippen molar-refractivity contribution in [3.05, 3.63) is 82.0 Å². The maximum atomic E-state index is 13.1. The first kappa shape index (κ1) is 18.2. The molecule has 26 heavy (non-hydrogen) atoms. The highest BCUT2D eigenvalue weighted by atomic mass is 32.2. The van der Waals surface area contributed by atoms with Crippen molar-refractivity contribution in [1.29, 1.82) is 5.26 Å². The second-order valence-electron chi connectivity index (χ2n) is 5.60. The van der Waals surface area contributed by atoms with Crippen molar-refractivity contribution in [3.8, 4) is 6.07 Å². The summed E-state index contributed by atoms with van der Waals surface area (Å²) in [6, 6.07) is 21.3. The summed E-state index contributed by atoms with van der Waals surface area (Å²) in [6.07, 6.45) is 0. The average molecular weight is 379 g/mol. The Morgan fingerprint density at radius 1 is 1.08 bits per heavy atom. The van der Waals surface area contributed by atoms with E-state index in [4.69, 9.17) is 0 Å². The fourth-order valence-electron chi connectivity index (χ4n) is 2.59. The fourth-order valence-corrected chi connectivity index (χ4v) is 4.33. The van der Waals surface area contributed by atoms with Gasteiger partial charge in [0.2, 0.25) is 0 Å². The third-order valence-electron chi connectivity index (χ3n) is 3.94. The molecule has 1 heterocycles. The second kappa shape index (κ2) is 8.70. The van der Waals surface area contributed by atoms with Crippen molar-refractivity contribution in [1.82, 2.24) is 4.90 Å². The molecule has 3 aromatic rings. The highest BCUT2D eigenvalue weighted by Gasteiger charge is 2.19. The van der Waals surface area contributed by atoms with Crippen molar-refractivity contribution in [2.75, 3.05) is 6.54 Å². The summed E-state index contributed by atoms with van der Waals surface area (Å²) in [7, 11) is 0. The molecule has 0 saturated carbocycles. The Hall–Kier alpha value is -2.55. The van der Waals surface area contributed by atoms with Crippen molar-refractivity contribution in [2.24, 2.45) is 0 Å². The van der Waals surface area contributed by atoms with Gasteiger partial charge in [0.05, 0.1) is 17.7 Å². The Kier molecular flexibility index (Phi) is 6.11. The minimum atomic E-state index is 0.0124. The summed E-state index contributed by atoms with van der Waals surface area (Å²) in [5.41, 5.74) is 1.29. The summed E-state index contributed by atoms with van der Waals surface area (Å²) in [5.74, 6) is 0.0124. The van der Waals surface area contributed by atoms with E-state index in [2.05, 4.69) is 6.07 Å². The van der Waals surface area contributed by atoms with E-state index in [1.165, 1.54) is 16.6 Å². The molecule has 0 aliphatic carbocycles. The van der Waals surface area contributed by atoms with Crippen LogP contribution in [-0.4, -0.2) is 17.4 Å². The van der Waals surface area contributed by atoms with Gasteiger partial charge in [0, 0.05) is 21.2 Å². The molecule has 3 rings (SSSR count). The van der Waals surface area contributed by atoms with E-state index in [0.717, 1.165) is 9.79 Å². The molecular weight excluding hydrogens is 360 g/mol. The monoisotopic (exact) mass is 378 g/mol. The molecule has 1 aromatic heterocycles. The predicted octanol–water partition coefficient (Wildman–Crippen LogP) is 5.43. The zero-order chi connectivity index (χ0) is 18.4. The van der Waals surface area contributed by atoms with E-state index in [9.17, 15) is 10.1 Å². The van der Waals surface area contributed by atoms with Crippen LogP contribution >= 0.6 is 23.1 Å². The van der Waals surface area contributed by atoms with Crippen LogP contribution in [-0.2, 0) is 6.54 Å². The van der Waals surface area contributed by atoms with E-state index in [0.29, 0.717) is 24.2 Å². The summed E-state index contributed by atoms with van der Waals surface area (Å²) < 4.78 is 0. The quantitative estimate of drug-likeness (QED) is 0.574. The lowest BCUT2D eigenvalue weighted by atomic mass is 10.2. The number of nitrogens with zero attached hydrogens (tertiary/aromatic N) is 2. The lowest BCUT2D eigenvalue weighted by molar-refractivity contribution is 0.0750. The van der Waals surface area contributed by atoms with Gasteiger partial charge < -0.3 is 4.90 Å². The van der Waals surface area contributed by atoms with Crippen molar-refractivity contribution in [2.45, 2.75) is 23.3 Å². The van der Waals surface area contributed by atoms with Crippen molar-refractivity contribution >= 4 is 29.0 Å². The van der Waals surface area contributed by atoms with Gasteiger partial charge >= 0.3 is 0 Å². The van der Waals surface area contributed by atoms with Gasteiger partial charge in [0.25, 0.3) is 5.91 Å². The van der Waals surface area contributed by atoms with E-state index in [-0.39, 0.29) is 5.91 Å².